The molecule has 0 aliphatic heterocycles. The average molecular weight is 176 g/mol. The molecule has 11 heavy (non-hydrogen) atoms. The summed E-state index contributed by atoms with van der Waals surface area (Å²) < 4.78 is 0. The summed E-state index contributed by atoms with van der Waals surface area (Å²) in [7, 11) is 0. The van der Waals surface area contributed by atoms with E-state index in [0.717, 1.165) is 6.54 Å². The minimum atomic E-state index is 0. The van der Waals surface area contributed by atoms with Gasteiger partial charge < -0.3 is 5.32 Å². The Balaban J connectivity index is 0. The van der Waals surface area contributed by atoms with Crippen LogP contribution in [0.15, 0.2) is 25.3 Å². The lowest BCUT2D eigenvalue weighted by Gasteiger charge is -2.16. The standard InChI is InChI=1S/C9H17N.ClH/c1-5-7-10-9(6-2)8(3)4;/h5-6,8-10H,1-2,7H2,3-4H3;1H/t9-;/m1./s1. The van der Waals surface area contributed by atoms with E-state index in [9.17, 15) is 0 Å². The van der Waals surface area contributed by atoms with Crippen molar-refractivity contribution in [2.75, 3.05) is 6.54 Å². The molecular formula is C9H18ClN. The van der Waals surface area contributed by atoms with Crippen molar-refractivity contribution < 1.29 is 0 Å². The molecule has 0 unspecified atom stereocenters. The van der Waals surface area contributed by atoms with E-state index in [0.29, 0.717) is 12.0 Å². The highest BCUT2D eigenvalue weighted by Crippen LogP contribution is 2.00. The molecule has 2 heteroatoms. The van der Waals surface area contributed by atoms with Gasteiger partial charge in [-0.1, -0.05) is 26.0 Å². The monoisotopic (exact) mass is 175 g/mol. The summed E-state index contributed by atoms with van der Waals surface area (Å²) in [5, 5.41) is 3.28. The Bertz CT molecular complexity index is 110. The molecule has 0 aliphatic carbocycles. The lowest BCUT2D eigenvalue weighted by molar-refractivity contribution is 0.485. The normalized spacial score (nSPS) is 11.9. The van der Waals surface area contributed by atoms with Gasteiger partial charge in [-0.15, -0.1) is 25.6 Å². The van der Waals surface area contributed by atoms with Crippen molar-refractivity contribution in [2.24, 2.45) is 5.92 Å². The van der Waals surface area contributed by atoms with Crippen molar-refractivity contribution in [3.63, 3.8) is 0 Å². The van der Waals surface area contributed by atoms with Crippen LogP contribution in [0.4, 0.5) is 0 Å². The van der Waals surface area contributed by atoms with Crippen LogP contribution in [0.3, 0.4) is 0 Å². The van der Waals surface area contributed by atoms with Crippen molar-refractivity contribution in [2.45, 2.75) is 19.9 Å². The highest BCUT2D eigenvalue weighted by molar-refractivity contribution is 5.85. The minimum Gasteiger partial charge on any atom is -0.307 e. The fourth-order valence-corrected chi connectivity index (χ4v) is 0.811. The lowest BCUT2D eigenvalue weighted by atomic mass is 10.1. The predicted octanol–water partition coefficient (Wildman–Crippen LogP) is 2.39. The van der Waals surface area contributed by atoms with Gasteiger partial charge in [0.15, 0.2) is 0 Å². The van der Waals surface area contributed by atoms with E-state index in [2.05, 4.69) is 32.3 Å². The Hall–Kier alpha value is -0.270. The highest BCUT2D eigenvalue weighted by Gasteiger charge is 2.05. The molecule has 0 aromatic carbocycles. The Labute approximate surface area is 76.0 Å². The van der Waals surface area contributed by atoms with E-state index >= 15 is 0 Å². The molecule has 0 bridgehead atoms. The summed E-state index contributed by atoms with van der Waals surface area (Å²) in [6, 6.07) is 0.415. The number of halogens is 1. The van der Waals surface area contributed by atoms with Crippen LogP contribution < -0.4 is 5.32 Å². The topological polar surface area (TPSA) is 12.0 Å². The number of hydrogen-bond donors (Lipinski definition) is 1. The number of hydrogen-bond acceptors (Lipinski definition) is 1. The van der Waals surface area contributed by atoms with Crippen LogP contribution in [-0.4, -0.2) is 12.6 Å². The zero-order valence-corrected chi connectivity index (χ0v) is 8.16. The van der Waals surface area contributed by atoms with Gasteiger partial charge in [-0.05, 0) is 5.92 Å². The lowest BCUT2D eigenvalue weighted by Crippen LogP contribution is -2.31. The first-order valence-corrected chi connectivity index (χ1v) is 3.69. The Morgan fingerprint density at radius 3 is 2.18 bits per heavy atom. The molecule has 1 atom stereocenters. The van der Waals surface area contributed by atoms with E-state index in [-0.39, 0.29) is 12.4 Å². The average Bonchev–Trinajstić information content (AvgIpc) is 1.89. The maximum Gasteiger partial charge on any atom is 0.0273 e. The van der Waals surface area contributed by atoms with Crippen molar-refractivity contribution in [1.82, 2.24) is 5.32 Å². The van der Waals surface area contributed by atoms with E-state index in [1.165, 1.54) is 0 Å². The smallest absolute Gasteiger partial charge is 0.0273 e. The summed E-state index contributed by atoms with van der Waals surface area (Å²) >= 11 is 0. The predicted molar refractivity (Wildman–Crippen MR) is 54.3 cm³/mol. The molecule has 0 saturated heterocycles. The van der Waals surface area contributed by atoms with Crippen molar-refractivity contribution in [3.05, 3.63) is 25.3 Å². The second-order valence-corrected chi connectivity index (χ2v) is 2.70. The Morgan fingerprint density at radius 2 is 1.91 bits per heavy atom. The van der Waals surface area contributed by atoms with Crippen LogP contribution in [0.25, 0.3) is 0 Å². The van der Waals surface area contributed by atoms with Crippen LogP contribution in [0.5, 0.6) is 0 Å². The molecule has 0 aromatic rings. The summed E-state index contributed by atoms with van der Waals surface area (Å²) in [4.78, 5) is 0. The molecule has 0 aromatic heterocycles. The first kappa shape index (κ1) is 13.3. The zero-order valence-electron chi connectivity index (χ0n) is 7.34. The van der Waals surface area contributed by atoms with Crippen LogP contribution >= 0.6 is 12.4 Å². The molecular weight excluding hydrogens is 158 g/mol. The van der Waals surface area contributed by atoms with Gasteiger partial charge in [-0.25, -0.2) is 0 Å². The molecule has 1 N–H and O–H groups in total. The molecule has 66 valence electrons. The molecule has 0 spiro atoms. The molecule has 0 fully saturated rings. The van der Waals surface area contributed by atoms with Gasteiger partial charge in [0.1, 0.15) is 0 Å². The first-order valence-electron chi connectivity index (χ1n) is 3.69. The second-order valence-electron chi connectivity index (χ2n) is 2.70. The Kier molecular flexibility index (Phi) is 9.49. The first-order chi connectivity index (χ1) is 4.72. The molecule has 0 amide bonds. The van der Waals surface area contributed by atoms with E-state index < -0.39 is 0 Å². The third kappa shape index (κ3) is 6.14. The van der Waals surface area contributed by atoms with Crippen LogP contribution in [0.1, 0.15) is 13.8 Å². The molecule has 0 rings (SSSR count). The van der Waals surface area contributed by atoms with Crippen molar-refractivity contribution in [3.8, 4) is 0 Å². The van der Waals surface area contributed by atoms with Gasteiger partial charge in [0.25, 0.3) is 0 Å². The van der Waals surface area contributed by atoms with Gasteiger partial charge in [-0.3, -0.25) is 0 Å². The van der Waals surface area contributed by atoms with E-state index in [4.69, 9.17) is 0 Å². The van der Waals surface area contributed by atoms with Gasteiger partial charge in [0.05, 0.1) is 0 Å². The molecule has 0 radical (unpaired) electrons. The van der Waals surface area contributed by atoms with Crippen molar-refractivity contribution in [1.29, 1.82) is 0 Å². The second kappa shape index (κ2) is 7.83. The van der Waals surface area contributed by atoms with Gasteiger partial charge in [0.2, 0.25) is 0 Å². The summed E-state index contributed by atoms with van der Waals surface area (Å²) in [6.45, 7) is 12.6. The van der Waals surface area contributed by atoms with E-state index in [1.54, 1.807) is 0 Å². The maximum atomic E-state index is 3.74. The highest BCUT2D eigenvalue weighted by atomic mass is 35.5. The quantitative estimate of drug-likeness (QED) is 0.633. The number of rotatable bonds is 5. The summed E-state index contributed by atoms with van der Waals surface area (Å²) in [6.07, 6.45) is 3.80. The van der Waals surface area contributed by atoms with Gasteiger partial charge >= 0.3 is 0 Å². The molecule has 0 saturated carbocycles. The van der Waals surface area contributed by atoms with Crippen LogP contribution in [0.2, 0.25) is 0 Å². The summed E-state index contributed by atoms with van der Waals surface area (Å²) in [5.41, 5.74) is 0. The van der Waals surface area contributed by atoms with Crippen LogP contribution in [0, 0.1) is 5.92 Å². The third-order valence-electron chi connectivity index (χ3n) is 1.47. The van der Waals surface area contributed by atoms with Gasteiger partial charge in [0, 0.05) is 12.6 Å². The van der Waals surface area contributed by atoms with E-state index in [1.807, 2.05) is 12.2 Å². The Morgan fingerprint density at radius 1 is 1.36 bits per heavy atom. The summed E-state index contributed by atoms with van der Waals surface area (Å²) in [5.74, 6) is 0.609. The van der Waals surface area contributed by atoms with Crippen molar-refractivity contribution >= 4 is 12.4 Å². The SMILES string of the molecule is C=CCN[C@H](C=C)C(C)C.Cl. The molecule has 0 aliphatic rings. The largest absolute Gasteiger partial charge is 0.307 e. The third-order valence-corrected chi connectivity index (χ3v) is 1.47. The fourth-order valence-electron chi connectivity index (χ4n) is 0.811. The minimum absolute atomic E-state index is 0. The maximum absolute atomic E-state index is 3.74. The van der Waals surface area contributed by atoms with Crippen LogP contribution in [-0.2, 0) is 0 Å². The zero-order chi connectivity index (χ0) is 7.98. The molecule has 0 heterocycles. The number of nitrogens with one attached hydrogen (secondary N) is 1. The van der Waals surface area contributed by atoms with Gasteiger partial charge in [-0.2, -0.15) is 0 Å². The molecule has 1 nitrogen and oxygen atoms in total. The fraction of sp³-hybridized carbons (Fsp3) is 0.556.